The van der Waals surface area contributed by atoms with Gasteiger partial charge in [-0.2, -0.15) is 5.26 Å². The van der Waals surface area contributed by atoms with Gasteiger partial charge in [0.2, 0.25) is 5.91 Å². The first-order chi connectivity index (χ1) is 16.3. The molecule has 8 heteroatoms. The summed E-state index contributed by atoms with van der Waals surface area (Å²) in [5.74, 6) is 0.411. The standard InChI is InChI=1S/C26H27N3O3S2/c1-4-32-17-9-7-16(8-10-17)28-22(31)15-34-25-18(14-27)23(21-6-5-11-33-21)24-19(29-25)12-26(2,3)13-20(24)30/h5-11,23,29H,4,12-13,15H2,1-3H3,(H,28,31)/t23-/m1/s1. The van der Waals surface area contributed by atoms with Crippen LogP contribution in [0.5, 0.6) is 5.75 Å². The Kier molecular flexibility index (Phi) is 7.15. The molecule has 2 aliphatic rings. The van der Waals surface area contributed by atoms with E-state index in [2.05, 4.69) is 30.6 Å². The number of hydrogen-bond acceptors (Lipinski definition) is 7. The fourth-order valence-electron chi connectivity index (χ4n) is 4.37. The van der Waals surface area contributed by atoms with Gasteiger partial charge in [-0.15, -0.1) is 11.3 Å². The second-order valence-corrected chi connectivity index (χ2v) is 11.0. The summed E-state index contributed by atoms with van der Waals surface area (Å²) in [5, 5.41) is 18.9. The number of nitrogens with one attached hydrogen (secondary N) is 2. The van der Waals surface area contributed by atoms with Gasteiger partial charge < -0.3 is 15.4 Å². The maximum atomic E-state index is 13.1. The van der Waals surface area contributed by atoms with Crippen LogP contribution in [-0.4, -0.2) is 24.1 Å². The van der Waals surface area contributed by atoms with Crippen LogP contribution in [0.25, 0.3) is 0 Å². The van der Waals surface area contributed by atoms with Crippen LogP contribution in [0.4, 0.5) is 5.69 Å². The number of thioether (sulfide) groups is 1. The van der Waals surface area contributed by atoms with E-state index < -0.39 is 0 Å². The highest BCUT2D eigenvalue weighted by Gasteiger charge is 2.42. The molecular weight excluding hydrogens is 466 g/mol. The van der Waals surface area contributed by atoms with E-state index in [-0.39, 0.29) is 28.8 Å². The highest BCUT2D eigenvalue weighted by molar-refractivity contribution is 8.03. The Morgan fingerprint density at radius 1 is 1.29 bits per heavy atom. The largest absolute Gasteiger partial charge is 0.494 e. The average molecular weight is 494 g/mol. The molecule has 0 fully saturated rings. The number of hydrogen-bond donors (Lipinski definition) is 2. The molecule has 176 valence electrons. The predicted molar refractivity (Wildman–Crippen MR) is 137 cm³/mol. The normalized spacial score (nSPS) is 19.2. The van der Waals surface area contributed by atoms with Gasteiger partial charge in [-0.1, -0.05) is 31.7 Å². The molecule has 2 heterocycles. The number of amides is 1. The van der Waals surface area contributed by atoms with Gasteiger partial charge in [0.1, 0.15) is 5.75 Å². The van der Waals surface area contributed by atoms with Crippen molar-refractivity contribution in [3.63, 3.8) is 0 Å². The number of ether oxygens (including phenoxy) is 1. The second-order valence-electron chi connectivity index (χ2n) is 9.06. The molecule has 4 rings (SSSR count). The molecule has 2 N–H and O–H groups in total. The monoisotopic (exact) mass is 493 g/mol. The Balaban J connectivity index is 1.54. The summed E-state index contributed by atoms with van der Waals surface area (Å²) < 4.78 is 5.43. The van der Waals surface area contributed by atoms with Gasteiger partial charge in [-0.3, -0.25) is 9.59 Å². The SMILES string of the molecule is CCOc1ccc(NC(=O)CSC2=C(C#N)[C@H](c3cccs3)C3=C(CC(C)(C)CC3=O)N2)cc1. The Morgan fingerprint density at radius 2 is 2.06 bits per heavy atom. The quantitative estimate of drug-likeness (QED) is 0.523. The Labute approximate surface area is 208 Å². The molecule has 1 aliphatic heterocycles. The van der Waals surface area contributed by atoms with Gasteiger partial charge in [0.05, 0.1) is 34.9 Å². The fraction of sp³-hybridized carbons (Fsp3) is 0.346. The van der Waals surface area contributed by atoms with Crippen LogP contribution < -0.4 is 15.4 Å². The Morgan fingerprint density at radius 3 is 2.71 bits per heavy atom. The maximum Gasteiger partial charge on any atom is 0.234 e. The molecule has 0 unspecified atom stereocenters. The van der Waals surface area contributed by atoms with Gasteiger partial charge in [-0.25, -0.2) is 0 Å². The van der Waals surface area contributed by atoms with Crippen LogP contribution in [-0.2, 0) is 9.59 Å². The van der Waals surface area contributed by atoms with Gasteiger partial charge >= 0.3 is 0 Å². The first kappa shape index (κ1) is 24.1. The Hall–Kier alpha value is -3.02. The third kappa shape index (κ3) is 5.21. The summed E-state index contributed by atoms with van der Waals surface area (Å²) in [6, 6.07) is 13.5. The summed E-state index contributed by atoms with van der Waals surface area (Å²) in [4.78, 5) is 26.8. The number of Topliss-reactive ketones (excluding diaryl/α,β-unsaturated/α-hetero) is 1. The zero-order chi connectivity index (χ0) is 24.3. The first-order valence-corrected chi connectivity index (χ1v) is 13.0. The molecule has 1 aromatic carbocycles. The zero-order valence-corrected chi connectivity index (χ0v) is 21.1. The van der Waals surface area contributed by atoms with E-state index in [0.29, 0.717) is 34.9 Å². The molecule has 0 spiro atoms. The lowest BCUT2D eigenvalue weighted by Gasteiger charge is -2.38. The molecule has 1 atom stereocenters. The number of dihydropyridines is 1. The average Bonchev–Trinajstić information content (AvgIpc) is 3.32. The lowest BCUT2D eigenvalue weighted by molar-refractivity contribution is -0.118. The van der Waals surface area contributed by atoms with Crippen molar-refractivity contribution in [3.05, 3.63) is 68.5 Å². The number of anilines is 1. The number of allylic oxidation sites excluding steroid dienone is 3. The highest BCUT2D eigenvalue weighted by atomic mass is 32.2. The molecule has 2 aromatic rings. The van der Waals surface area contributed by atoms with E-state index in [1.165, 1.54) is 11.8 Å². The van der Waals surface area contributed by atoms with E-state index >= 15 is 0 Å². The number of rotatable bonds is 7. The van der Waals surface area contributed by atoms with E-state index in [4.69, 9.17) is 4.74 Å². The zero-order valence-electron chi connectivity index (χ0n) is 19.4. The molecule has 1 aliphatic carbocycles. The number of ketones is 1. The molecule has 0 saturated carbocycles. The van der Waals surface area contributed by atoms with Crippen LogP contribution in [0.15, 0.2) is 63.7 Å². The number of carbonyl (C=O) groups excluding carboxylic acids is 2. The molecule has 0 radical (unpaired) electrons. The molecular formula is C26H27N3O3S2. The van der Waals surface area contributed by atoms with E-state index in [1.54, 1.807) is 23.5 Å². The van der Waals surface area contributed by atoms with E-state index in [9.17, 15) is 14.9 Å². The van der Waals surface area contributed by atoms with E-state index in [0.717, 1.165) is 22.7 Å². The number of nitrogens with zero attached hydrogens (tertiary/aromatic N) is 1. The number of benzene rings is 1. The minimum atomic E-state index is -0.387. The maximum absolute atomic E-state index is 13.1. The van der Waals surface area contributed by atoms with Crippen LogP contribution in [0.1, 0.15) is 44.4 Å². The molecule has 0 bridgehead atoms. The summed E-state index contributed by atoms with van der Waals surface area (Å²) >= 11 is 2.84. The molecule has 0 saturated heterocycles. The molecule has 1 aromatic heterocycles. The van der Waals surface area contributed by atoms with Crippen molar-refractivity contribution in [1.29, 1.82) is 5.26 Å². The van der Waals surface area contributed by atoms with E-state index in [1.807, 2.05) is 36.6 Å². The van der Waals surface area contributed by atoms with Crippen molar-refractivity contribution in [3.8, 4) is 11.8 Å². The van der Waals surface area contributed by atoms with Crippen LogP contribution in [0.3, 0.4) is 0 Å². The summed E-state index contributed by atoms with van der Waals surface area (Å²) in [6.07, 6.45) is 1.18. The summed E-state index contributed by atoms with van der Waals surface area (Å²) in [7, 11) is 0. The topological polar surface area (TPSA) is 91.2 Å². The minimum Gasteiger partial charge on any atom is -0.494 e. The van der Waals surface area contributed by atoms with Gasteiger partial charge in [-0.05, 0) is 54.5 Å². The third-order valence-corrected chi connectivity index (χ3v) is 7.71. The molecule has 6 nitrogen and oxygen atoms in total. The van der Waals surface area contributed by atoms with Crippen molar-refractivity contribution in [1.82, 2.24) is 5.32 Å². The Bertz CT molecular complexity index is 1190. The summed E-state index contributed by atoms with van der Waals surface area (Å²) in [6.45, 7) is 6.66. The smallest absolute Gasteiger partial charge is 0.234 e. The second kappa shape index (κ2) is 10.1. The van der Waals surface area contributed by atoms with Crippen LogP contribution in [0.2, 0.25) is 0 Å². The number of carbonyl (C=O) groups is 2. The third-order valence-electron chi connectivity index (χ3n) is 5.75. The van der Waals surface area contributed by atoms with Crippen LogP contribution >= 0.6 is 23.1 Å². The van der Waals surface area contributed by atoms with Crippen LogP contribution in [0, 0.1) is 16.7 Å². The lowest BCUT2D eigenvalue weighted by Crippen LogP contribution is -2.36. The van der Waals surface area contributed by atoms with Crippen molar-refractivity contribution < 1.29 is 14.3 Å². The minimum absolute atomic E-state index is 0.0854. The van der Waals surface area contributed by atoms with Gasteiger partial charge in [0.15, 0.2) is 5.78 Å². The number of thiophene rings is 1. The van der Waals surface area contributed by atoms with Crippen molar-refractivity contribution in [2.75, 3.05) is 17.7 Å². The highest BCUT2D eigenvalue weighted by Crippen LogP contribution is 2.48. The number of nitriles is 1. The predicted octanol–water partition coefficient (Wildman–Crippen LogP) is 5.58. The van der Waals surface area contributed by atoms with Gasteiger partial charge in [0, 0.05) is 28.3 Å². The van der Waals surface area contributed by atoms with Gasteiger partial charge in [0.25, 0.3) is 0 Å². The summed E-state index contributed by atoms with van der Waals surface area (Å²) in [5.41, 5.74) is 2.58. The molecule has 1 amide bonds. The fourth-order valence-corrected chi connectivity index (χ4v) is 6.07. The van der Waals surface area contributed by atoms with Crippen molar-refractivity contribution >= 4 is 40.5 Å². The molecule has 34 heavy (non-hydrogen) atoms. The van der Waals surface area contributed by atoms with Crippen molar-refractivity contribution in [2.45, 2.75) is 39.5 Å². The lowest BCUT2D eigenvalue weighted by atomic mass is 9.70. The van der Waals surface area contributed by atoms with Crippen molar-refractivity contribution in [2.24, 2.45) is 5.41 Å². The first-order valence-electron chi connectivity index (χ1n) is 11.2.